The molecular weight excluding hydrogens is 231 g/mol. The van der Waals surface area contributed by atoms with Gasteiger partial charge in [-0.1, -0.05) is 49.0 Å². The van der Waals surface area contributed by atoms with E-state index in [0.717, 1.165) is 22.4 Å². The summed E-state index contributed by atoms with van der Waals surface area (Å²) in [6.07, 6.45) is 0. The highest BCUT2D eigenvalue weighted by Crippen LogP contribution is 2.58. The van der Waals surface area contributed by atoms with Crippen molar-refractivity contribution >= 4 is 13.7 Å². The van der Waals surface area contributed by atoms with Crippen LogP contribution in [0.3, 0.4) is 0 Å². The molecule has 0 fully saturated rings. The topological polar surface area (TPSA) is 18.5 Å². The summed E-state index contributed by atoms with van der Waals surface area (Å²) in [6.45, 7) is 4.07. The molecule has 0 unspecified atom stereocenters. The average molecular weight is 242 g/mol. The van der Waals surface area contributed by atoms with Gasteiger partial charge in [0.2, 0.25) is 0 Å². The molecule has 84 valence electrons. The molecule has 0 aliphatic carbocycles. The predicted octanol–water partition coefficient (Wildman–Crippen LogP) is 4.44. The Morgan fingerprint density at radius 1 is 0.824 bits per heavy atom. The third-order valence-corrected chi connectivity index (χ3v) is 3.96. The average Bonchev–Trinajstić information content (AvgIpc) is 2.82. The first-order valence-corrected chi connectivity index (χ1v) is 6.52. The molecule has 0 saturated heterocycles. The molecule has 17 heavy (non-hydrogen) atoms. The smallest absolute Gasteiger partial charge is 0.326 e. The molecule has 0 saturated carbocycles. The van der Waals surface area contributed by atoms with Crippen molar-refractivity contribution in [1.29, 1.82) is 0 Å². The van der Waals surface area contributed by atoms with Crippen LogP contribution in [0.25, 0.3) is 5.31 Å². The van der Waals surface area contributed by atoms with Gasteiger partial charge in [0.05, 0.1) is 5.31 Å². The van der Waals surface area contributed by atoms with Gasteiger partial charge in [0.15, 0.2) is 11.5 Å². The minimum atomic E-state index is -1.10. The fraction of sp³-hybridized carbons (Fsp3) is 0. The van der Waals surface area contributed by atoms with Gasteiger partial charge in [-0.2, -0.15) is 0 Å². The SMILES string of the molecule is C=C(c1ccccc1)P1Oc2ccccc2O1. The molecule has 0 atom stereocenters. The monoisotopic (exact) mass is 242 g/mol. The summed E-state index contributed by atoms with van der Waals surface area (Å²) in [5.41, 5.74) is 1.06. The molecule has 0 N–H and O–H groups in total. The fourth-order valence-corrected chi connectivity index (χ4v) is 2.92. The number of hydrogen-bond acceptors (Lipinski definition) is 2. The van der Waals surface area contributed by atoms with Gasteiger partial charge in [0, 0.05) is 0 Å². The van der Waals surface area contributed by atoms with Crippen molar-refractivity contribution in [2.75, 3.05) is 0 Å². The number of fused-ring (bicyclic) bond motifs is 1. The van der Waals surface area contributed by atoms with Crippen molar-refractivity contribution in [3.8, 4) is 11.5 Å². The van der Waals surface area contributed by atoms with Gasteiger partial charge in [-0.25, -0.2) is 0 Å². The Morgan fingerprint density at radius 2 is 1.35 bits per heavy atom. The summed E-state index contributed by atoms with van der Waals surface area (Å²) in [7, 11) is -1.10. The van der Waals surface area contributed by atoms with Gasteiger partial charge in [-0.3, -0.25) is 0 Å². The molecular formula is C14H11O2P. The van der Waals surface area contributed by atoms with E-state index in [-0.39, 0.29) is 0 Å². The van der Waals surface area contributed by atoms with Crippen LogP contribution in [-0.4, -0.2) is 0 Å². The Balaban J connectivity index is 1.84. The highest BCUT2D eigenvalue weighted by molar-refractivity contribution is 7.60. The van der Waals surface area contributed by atoms with Crippen LogP contribution in [0.5, 0.6) is 11.5 Å². The molecule has 2 nitrogen and oxygen atoms in total. The van der Waals surface area contributed by atoms with Crippen LogP contribution in [0.4, 0.5) is 0 Å². The second-order valence-corrected chi connectivity index (χ2v) is 5.12. The summed E-state index contributed by atoms with van der Waals surface area (Å²) >= 11 is 0. The number of para-hydroxylation sites is 2. The quantitative estimate of drug-likeness (QED) is 0.725. The van der Waals surface area contributed by atoms with Crippen LogP contribution >= 0.6 is 8.38 Å². The molecule has 1 aliphatic heterocycles. The molecule has 1 aliphatic rings. The molecule has 3 rings (SSSR count). The number of benzene rings is 2. The highest BCUT2D eigenvalue weighted by atomic mass is 31.2. The summed E-state index contributed by atoms with van der Waals surface area (Å²) in [4.78, 5) is 0. The van der Waals surface area contributed by atoms with E-state index >= 15 is 0 Å². The Morgan fingerprint density at radius 3 is 1.94 bits per heavy atom. The molecule has 0 bridgehead atoms. The van der Waals surface area contributed by atoms with Crippen molar-refractivity contribution < 1.29 is 9.05 Å². The minimum Gasteiger partial charge on any atom is -0.431 e. The molecule has 0 aromatic heterocycles. The Hall–Kier alpha value is -1.79. The maximum Gasteiger partial charge on any atom is 0.326 e. The van der Waals surface area contributed by atoms with Crippen molar-refractivity contribution in [2.24, 2.45) is 0 Å². The van der Waals surface area contributed by atoms with Gasteiger partial charge < -0.3 is 9.05 Å². The van der Waals surface area contributed by atoms with E-state index in [1.54, 1.807) is 0 Å². The molecule has 2 aromatic rings. The first-order chi connectivity index (χ1) is 8.34. The molecule has 3 heteroatoms. The highest BCUT2D eigenvalue weighted by Gasteiger charge is 2.28. The zero-order chi connectivity index (χ0) is 11.7. The van der Waals surface area contributed by atoms with Crippen LogP contribution in [0.1, 0.15) is 5.56 Å². The zero-order valence-electron chi connectivity index (χ0n) is 9.17. The molecule has 0 radical (unpaired) electrons. The lowest BCUT2D eigenvalue weighted by molar-refractivity contribution is 0.589. The summed E-state index contributed by atoms with van der Waals surface area (Å²) < 4.78 is 11.5. The Labute approximate surface area is 101 Å². The maximum atomic E-state index is 5.77. The van der Waals surface area contributed by atoms with Gasteiger partial charge >= 0.3 is 8.38 Å². The van der Waals surface area contributed by atoms with Crippen molar-refractivity contribution in [3.63, 3.8) is 0 Å². The first kappa shape index (κ1) is 10.4. The van der Waals surface area contributed by atoms with Gasteiger partial charge in [-0.15, -0.1) is 0 Å². The van der Waals surface area contributed by atoms with Crippen LogP contribution in [0, 0.1) is 0 Å². The van der Waals surface area contributed by atoms with Gasteiger partial charge in [0.25, 0.3) is 0 Å². The van der Waals surface area contributed by atoms with Crippen LogP contribution in [-0.2, 0) is 0 Å². The van der Waals surface area contributed by atoms with E-state index in [4.69, 9.17) is 9.05 Å². The van der Waals surface area contributed by atoms with E-state index in [1.165, 1.54) is 0 Å². The maximum absolute atomic E-state index is 5.77. The first-order valence-electron chi connectivity index (χ1n) is 5.34. The summed E-state index contributed by atoms with van der Waals surface area (Å²) in [5.74, 6) is 1.60. The normalized spacial score (nSPS) is 13.6. The second-order valence-electron chi connectivity index (χ2n) is 3.70. The van der Waals surface area contributed by atoms with Gasteiger partial charge in [-0.05, 0) is 17.7 Å². The van der Waals surface area contributed by atoms with E-state index in [9.17, 15) is 0 Å². The predicted molar refractivity (Wildman–Crippen MR) is 70.1 cm³/mol. The number of hydrogen-bond donors (Lipinski definition) is 0. The largest absolute Gasteiger partial charge is 0.431 e. The third-order valence-electron chi connectivity index (χ3n) is 2.54. The van der Waals surface area contributed by atoms with Crippen LogP contribution in [0.15, 0.2) is 61.2 Å². The second kappa shape index (κ2) is 4.23. The van der Waals surface area contributed by atoms with E-state index in [2.05, 4.69) is 6.58 Å². The van der Waals surface area contributed by atoms with Crippen LogP contribution in [0.2, 0.25) is 0 Å². The van der Waals surface area contributed by atoms with Crippen molar-refractivity contribution in [1.82, 2.24) is 0 Å². The minimum absolute atomic E-state index is 0.802. The Bertz CT molecular complexity index is 526. The van der Waals surface area contributed by atoms with Crippen molar-refractivity contribution in [3.05, 3.63) is 66.7 Å². The molecule has 2 aromatic carbocycles. The lowest BCUT2D eigenvalue weighted by Crippen LogP contribution is -1.88. The zero-order valence-corrected chi connectivity index (χ0v) is 10.1. The van der Waals surface area contributed by atoms with E-state index in [0.29, 0.717) is 0 Å². The molecule has 1 heterocycles. The summed E-state index contributed by atoms with van der Waals surface area (Å²) in [5, 5.41) is 0.900. The molecule has 0 amide bonds. The molecule has 0 spiro atoms. The lowest BCUT2D eigenvalue weighted by Gasteiger charge is -2.10. The lowest BCUT2D eigenvalue weighted by atomic mass is 10.2. The third kappa shape index (κ3) is 1.92. The fourth-order valence-electron chi connectivity index (χ4n) is 1.64. The van der Waals surface area contributed by atoms with Crippen molar-refractivity contribution in [2.45, 2.75) is 0 Å². The summed E-state index contributed by atoms with van der Waals surface area (Å²) in [6, 6.07) is 17.7. The Kier molecular flexibility index (Phi) is 2.58. The van der Waals surface area contributed by atoms with Crippen LogP contribution < -0.4 is 9.05 Å². The van der Waals surface area contributed by atoms with Gasteiger partial charge in [0.1, 0.15) is 0 Å². The van der Waals surface area contributed by atoms with E-state index < -0.39 is 8.38 Å². The number of rotatable bonds is 2. The van der Waals surface area contributed by atoms with E-state index in [1.807, 2.05) is 54.6 Å². The standard InChI is InChI=1S/C14H11O2P/c1-11(12-7-3-2-4-8-12)17-15-13-9-5-6-10-14(13)16-17/h2-10H,1H2.